The molecule has 0 saturated heterocycles. The molecule has 0 aliphatic carbocycles. The molecule has 4 nitrogen and oxygen atoms in total. The lowest BCUT2D eigenvalue weighted by atomic mass is 10.2. The van der Waals surface area contributed by atoms with E-state index in [-0.39, 0.29) is 17.5 Å². The highest BCUT2D eigenvalue weighted by molar-refractivity contribution is 8.00. The van der Waals surface area contributed by atoms with E-state index in [1.807, 2.05) is 30.5 Å². The first kappa shape index (κ1) is 21.3. The van der Waals surface area contributed by atoms with E-state index in [2.05, 4.69) is 9.88 Å². The third kappa shape index (κ3) is 5.03. The van der Waals surface area contributed by atoms with E-state index in [1.54, 1.807) is 37.4 Å². The fourth-order valence-electron chi connectivity index (χ4n) is 3.35. The van der Waals surface area contributed by atoms with Crippen molar-refractivity contribution in [3.63, 3.8) is 0 Å². The van der Waals surface area contributed by atoms with Gasteiger partial charge in [0.15, 0.2) is 0 Å². The SMILES string of the molecule is COc1ccc(Cl)cc1NC(=O)CSc1cn(Cc2ccc(F)cc2)c2ccccc12. The van der Waals surface area contributed by atoms with Gasteiger partial charge in [0.25, 0.3) is 0 Å². The predicted molar refractivity (Wildman–Crippen MR) is 125 cm³/mol. The third-order valence-electron chi connectivity index (χ3n) is 4.81. The zero-order valence-corrected chi connectivity index (χ0v) is 18.3. The standard InChI is InChI=1S/C24H20ClFN2O2S/c1-30-22-11-8-17(25)12-20(22)27-24(29)15-31-23-14-28(21-5-3-2-4-19(21)23)13-16-6-9-18(26)10-7-16/h2-12,14H,13,15H2,1H3,(H,27,29). The number of aromatic nitrogens is 1. The molecule has 1 aromatic heterocycles. The van der Waals surface area contributed by atoms with Gasteiger partial charge >= 0.3 is 0 Å². The Labute approximate surface area is 189 Å². The summed E-state index contributed by atoms with van der Waals surface area (Å²) in [5, 5.41) is 4.45. The van der Waals surface area contributed by atoms with Gasteiger partial charge in [0.1, 0.15) is 11.6 Å². The summed E-state index contributed by atoms with van der Waals surface area (Å²) < 4.78 is 20.6. The number of ether oxygens (including phenoxy) is 1. The molecule has 1 heterocycles. The second-order valence-electron chi connectivity index (χ2n) is 6.95. The second kappa shape index (κ2) is 9.45. The van der Waals surface area contributed by atoms with Crippen LogP contribution in [0.15, 0.2) is 77.8 Å². The molecule has 7 heteroatoms. The zero-order chi connectivity index (χ0) is 21.8. The third-order valence-corrected chi connectivity index (χ3v) is 6.09. The molecule has 158 valence electrons. The van der Waals surface area contributed by atoms with Crippen molar-refractivity contribution in [2.24, 2.45) is 0 Å². The Morgan fingerprint density at radius 1 is 1.13 bits per heavy atom. The lowest BCUT2D eigenvalue weighted by Crippen LogP contribution is -2.14. The molecule has 0 unspecified atom stereocenters. The molecular weight excluding hydrogens is 435 g/mol. The summed E-state index contributed by atoms with van der Waals surface area (Å²) in [5.41, 5.74) is 2.61. The lowest BCUT2D eigenvalue weighted by molar-refractivity contribution is -0.113. The van der Waals surface area contributed by atoms with Crippen LogP contribution in [0.3, 0.4) is 0 Å². The average molecular weight is 455 g/mol. The van der Waals surface area contributed by atoms with Gasteiger partial charge in [-0.15, -0.1) is 11.8 Å². The van der Waals surface area contributed by atoms with E-state index in [0.29, 0.717) is 23.0 Å². The van der Waals surface area contributed by atoms with Crippen LogP contribution in [0.1, 0.15) is 5.56 Å². The molecule has 3 aromatic carbocycles. The number of methoxy groups -OCH3 is 1. The van der Waals surface area contributed by atoms with Gasteiger partial charge in [0, 0.05) is 33.6 Å². The van der Waals surface area contributed by atoms with Crippen LogP contribution < -0.4 is 10.1 Å². The molecule has 1 N–H and O–H groups in total. The van der Waals surface area contributed by atoms with Gasteiger partial charge in [-0.05, 0) is 42.0 Å². The Morgan fingerprint density at radius 2 is 1.90 bits per heavy atom. The van der Waals surface area contributed by atoms with E-state index in [4.69, 9.17) is 16.3 Å². The van der Waals surface area contributed by atoms with Gasteiger partial charge in [-0.25, -0.2) is 4.39 Å². The number of fused-ring (bicyclic) bond motifs is 1. The highest BCUT2D eigenvalue weighted by atomic mass is 35.5. The summed E-state index contributed by atoms with van der Waals surface area (Å²) in [4.78, 5) is 13.6. The predicted octanol–water partition coefficient (Wildman–Crippen LogP) is 6.22. The van der Waals surface area contributed by atoms with Crippen LogP contribution in [0.5, 0.6) is 5.75 Å². The quantitative estimate of drug-likeness (QED) is 0.337. The van der Waals surface area contributed by atoms with Crippen molar-refractivity contribution in [1.82, 2.24) is 4.57 Å². The van der Waals surface area contributed by atoms with Crippen molar-refractivity contribution in [2.75, 3.05) is 18.2 Å². The molecule has 4 aromatic rings. The number of amides is 1. The molecule has 0 saturated carbocycles. The number of carbonyl (C=O) groups excluding carboxylic acids is 1. The number of carbonyl (C=O) groups is 1. The Kier molecular flexibility index (Phi) is 6.49. The van der Waals surface area contributed by atoms with E-state index in [9.17, 15) is 9.18 Å². The van der Waals surface area contributed by atoms with Crippen molar-refractivity contribution in [3.8, 4) is 5.75 Å². The minimum atomic E-state index is -0.250. The minimum absolute atomic E-state index is 0.152. The number of halogens is 2. The molecule has 0 aliphatic heterocycles. The van der Waals surface area contributed by atoms with Crippen LogP contribution in [0.2, 0.25) is 5.02 Å². The molecule has 31 heavy (non-hydrogen) atoms. The van der Waals surface area contributed by atoms with Crippen molar-refractivity contribution in [2.45, 2.75) is 11.4 Å². The largest absolute Gasteiger partial charge is 0.495 e. The number of anilines is 1. The highest BCUT2D eigenvalue weighted by Gasteiger charge is 2.13. The van der Waals surface area contributed by atoms with E-state index in [1.165, 1.54) is 23.9 Å². The number of hydrogen-bond donors (Lipinski definition) is 1. The second-order valence-corrected chi connectivity index (χ2v) is 8.40. The molecule has 0 atom stereocenters. The van der Waals surface area contributed by atoms with Crippen LogP contribution in [0.25, 0.3) is 10.9 Å². The molecule has 0 spiro atoms. The summed E-state index contributed by atoms with van der Waals surface area (Å²) in [6.07, 6.45) is 2.03. The topological polar surface area (TPSA) is 43.3 Å². The first-order valence-electron chi connectivity index (χ1n) is 9.62. The normalized spacial score (nSPS) is 10.9. The average Bonchev–Trinajstić information content (AvgIpc) is 3.12. The number of para-hydroxylation sites is 1. The minimum Gasteiger partial charge on any atom is -0.495 e. The maximum atomic E-state index is 13.2. The van der Waals surface area contributed by atoms with E-state index in [0.717, 1.165) is 21.4 Å². The van der Waals surface area contributed by atoms with Crippen molar-refractivity contribution in [3.05, 3.63) is 89.3 Å². The van der Waals surface area contributed by atoms with Crippen LogP contribution >= 0.6 is 23.4 Å². The van der Waals surface area contributed by atoms with Gasteiger partial charge < -0.3 is 14.6 Å². The molecule has 1 amide bonds. The first-order valence-corrected chi connectivity index (χ1v) is 11.0. The molecular formula is C24H20ClFN2O2S. The molecule has 0 fully saturated rings. The van der Waals surface area contributed by atoms with Crippen LogP contribution in [-0.2, 0) is 11.3 Å². The number of hydrogen-bond acceptors (Lipinski definition) is 3. The number of thioether (sulfide) groups is 1. The number of rotatable bonds is 7. The first-order chi connectivity index (χ1) is 15.0. The summed E-state index contributed by atoms with van der Waals surface area (Å²) in [6, 6.07) is 19.6. The Balaban J connectivity index is 1.50. The molecule has 4 rings (SSSR count). The van der Waals surface area contributed by atoms with Crippen LogP contribution in [0.4, 0.5) is 10.1 Å². The van der Waals surface area contributed by atoms with Crippen LogP contribution in [-0.4, -0.2) is 23.3 Å². The van der Waals surface area contributed by atoms with Crippen molar-refractivity contribution in [1.29, 1.82) is 0 Å². The maximum absolute atomic E-state index is 13.2. The van der Waals surface area contributed by atoms with Gasteiger partial charge in [-0.3, -0.25) is 4.79 Å². The molecule has 0 aliphatic rings. The van der Waals surface area contributed by atoms with Crippen LogP contribution in [0, 0.1) is 5.82 Å². The summed E-state index contributed by atoms with van der Waals surface area (Å²) >= 11 is 7.50. The summed E-state index contributed by atoms with van der Waals surface area (Å²) in [7, 11) is 1.55. The summed E-state index contributed by atoms with van der Waals surface area (Å²) in [5.74, 6) is 0.388. The van der Waals surface area contributed by atoms with Gasteiger partial charge in [-0.2, -0.15) is 0 Å². The van der Waals surface area contributed by atoms with Gasteiger partial charge in [-0.1, -0.05) is 41.9 Å². The zero-order valence-electron chi connectivity index (χ0n) is 16.8. The van der Waals surface area contributed by atoms with E-state index >= 15 is 0 Å². The fraction of sp³-hybridized carbons (Fsp3) is 0.125. The Morgan fingerprint density at radius 3 is 2.68 bits per heavy atom. The van der Waals surface area contributed by atoms with Gasteiger partial charge in [0.05, 0.1) is 18.6 Å². The smallest absolute Gasteiger partial charge is 0.234 e. The number of benzene rings is 3. The monoisotopic (exact) mass is 454 g/mol. The molecule has 0 radical (unpaired) electrons. The number of nitrogens with one attached hydrogen (secondary N) is 1. The Bertz CT molecular complexity index is 1220. The summed E-state index contributed by atoms with van der Waals surface area (Å²) in [6.45, 7) is 0.618. The van der Waals surface area contributed by atoms with E-state index < -0.39 is 0 Å². The molecule has 0 bridgehead atoms. The fourth-order valence-corrected chi connectivity index (χ4v) is 4.41. The Hall–Kier alpha value is -2.96. The highest BCUT2D eigenvalue weighted by Crippen LogP contribution is 2.32. The van der Waals surface area contributed by atoms with Gasteiger partial charge in [0.2, 0.25) is 5.91 Å². The maximum Gasteiger partial charge on any atom is 0.234 e. The van der Waals surface area contributed by atoms with Crippen molar-refractivity contribution >= 4 is 45.9 Å². The van der Waals surface area contributed by atoms with Crippen molar-refractivity contribution < 1.29 is 13.9 Å². The number of nitrogens with zero attached hydrogens (tertiary/aromatic N) is 1. The lowest BCUT2D eigenvalue weighted by Gasteiger charge is -2.10.